The maximum atomic E-state index is 5.92. The number of rotatable bonds is 6. The van der Waals surface area contributed by atoms with Gasteiger partial charge < -0.3 is 10.6 Å². The zero-order chi connectivity index (χ0) is 20.1. The van der Waals surface area contributed by atoms with Gasteiger partial charge in [0.1, 0.15) is 0 Å². The predicted octanol–water partition coefficient (Wildman–Crippen LogP) is 4.64. The van der Waals surface area contributed by atoms with E-state index < -0.39 is 0 Å². The number of nitrogens with one attached hydrogen (secondary N) is 2. The van der Waals surface area contributed by atoms with Crippen molar-refractivity contribution in [1.29, 1.82) is 0 Å². The van der Waals surface area contributed by atoms with Crippen molar-refractivity contribution in [3.63, 3.8) is 0 Å². The Hall–Kier alpha value is -3.16. The highest BCUT2D eigenvalue weighted by Crippen LogP contribution is 2.13. The van der Waals surface area contributed by atoms with E-state index in [-0.39, 0.29) is 0 Å². The highest BCUT2D eigenvalue weighted by molar-refractivity contribution is 7.80. The van der Waals surface area contributed by atoms with E-state index >= 15 is 0 Å². The van der Waals surface area contributed by atoms with Crippen molar-refractivity contribution in [2.75, 3.05) is 10.6 Å². The Morgan fingerprint density at radius 2 is 1.31 bits per heavy atom. The molecule has 8 heteroatoms. The van der Waals surface area contributed by atoms with E-state index in [9.17, 15) is 0 Å². The van der Waals surface area contributed by atoms with Crippen molar-refractivity contribution in [1.82, 2.24) is 19.6 Å². The van der Waals surface area contributed by atoms with Crippen LogP contribution in [0.4, 0.5) is 11.4 Å². The number of hydrogen-bond donors (Lipinski definition) is 2. The fraction of sp³-hybridized carbons (Fsp3) is 0.0952. The zero-order valence-electron chi connectivity index (χ0n) is 15.5. The van der Waals surface area contributed by atoms with Crippen LogP contribution in [0.5, 0.6) is 0 Å². The van der Waals surface area contributed by atoms with Crippen LogP contribution in [0.3, 0.4) is 0 Å². The second-order valence-corrected chi connectivity index (χ2v) is 7.39. The molecular weight excluding hydrogens is 404 g/mol. The molecule has 0 saturated heterocycles. The number of hydrogen-bond acceptors (Lipinski definition) is 3. The maximum Gasteiger partial charge on any atom is 0.175 e. The van der Waals surface area contributed by atoms with Crippen molar-refractivity contribution < 1.29 is 0 Å². The van der Waals surface area contributed by atoms with Crippen LogP contribution in [-0.4, -0.2) is 24.7 Å². The first-order valence-corrected chi connectivity index (χ1v) is 9.84. The van der Waals surface area contributed by atoms with Crippen molar-refractivity contribution >= 4 is 40.3 Å². The molecule has 0 atom stereocenters. The lowest BCUT2D eigenvalue weighted by molar-refractivity contribution is 0.687. The molecule has 0 unspecified atom stereocenters. The van der Waals surface area contributed by atoms with Gasteiger partial charge in [0.15, 0.2) is 5.11 Å². The van der Waals surface area contributed by atoms with Gasteiger partial charge in [0, 0.05) is 17.4 Å². The highest BCUT2D eigenvalue weighted by atomic mass is 35.5. The van der Waals surface area contributed by atoms with Crippen LogP contribution in [0.25, 0.3) is 0 Å². The summed E-state index contributed by atoms with van der Waals surface area (Å²) in [6.07, 6.45) is 7.32. The van der Waals surface area contributed by atoms with E-state index in [4.69, 9.17) is 23.8 Å². The number of aromatic nitrogens is 4. The molecule has 0 amide bonds. The third-order valence-electron chi connectivity index (χ3n) is 4.23. The van der Waals surface area contributed by atoms with Gasteiger partial charge in [-0.2, -0.15) is 10.2 Å². The fourth-order valence-electron chi connectivity index (χ4n) is 2.87. The van der Waals surface area contributed by atoms with E-state index in [2.05, 4.69) is 33.0 Å². The van der Waals surface area contributed by atoms with Crippen LogP contribution >= 0.6 is 23.8 Å². The van der Waals surface area contributed by atoms with Gasteiger partial charge in [-0.1, -0.05) is 54.1 Å². The molecule has 0 saturated carbocycles. The van der Waals surface area contributed by atoms with Gasteiger partial charge in [0.25, 0.3) is 0 Å². The van der Waals surface area contributed by atoms with Gasteiger partial charge >= 0.3 is 0 Å². The number of benzene rings is 2. The number of anilines is 2. The summed E-state index contributed by atoms with van der Waals surface area (Å²) in [4.78, 5) is 0. The van der Waals surface area contributed by atoms with Crippen molar-refractivity contribution in [2.24, 2.45) is 0 Å². The largest absolute Gasteiger partial charge is 0.330 e. The molecular formula is C21H19ClN6S. The fourth-order valence-corrected chi connectivity index (χ4v) is 3.23. The van der Waals surface area contributed by atoms with Crippen molar-refractivity contribution in [2.45, 2.75) is 13.1 Å². The first-order chi connectivity index (χ1) is 14.1. The summed E-state index contributed by atoms with van der Waals surface area (Å²) >= 11 is 11.3. The van der Waals surface area contributed by atoms with Crippen molar-refractivity contribution in [3.05, 3.63) is 95.5 Å². The smallest absolute Gasteiger partial charge is 0.175 e. The van der Waals surface area contributed by atoms with Gasteiger partial charge in [0.05, 0.1) is 36.9 Å². The molecule has 4 rings (SSSR count). The maximum absolute atomic E-state index is 5.92. The van der Waals surface area contributed by atoms with Crippen LogP contribution in [0, 0.1) is 0 Å². The molecule has 146 valence electrons. The normalized spacial score (nSPS) is 10.7. The summed E-state index contributed by atoms with van der Waals surface area (Å²) in [5.74, 6) is 0. The van der Waals surface area contributed by atoms with Gasteiger partial charge in [-0.25, -0.2) is 0 Å². The van der Waals surface area contributed by atoms with Crippen molar-refractivity contribution in [3.8, 4) is 0 Å². The quantitative estimate of drug-likeness (QED) is 0.443. The lowest BCUT2D eigenvalue weighted by Gasteiger charge is -2.06. The third kappa shape index (κ3) is 5.43. The van der Waals surface area contributed by atoms with E-state index in [1.54, 1.807) is 12.4 Å². The first-order valence-electron chi connectivity index (χ1n) is 9.05. The lowest BCUT2D eigenvalue weighted by atomic mass is 10.2. The summed E-state index contributed by atoms with van der Waals surface area (Å²) in [7, 11) is 0. The molecule has 2 N–H and O–H groups in total. The predicted molar refractivity (Wildman–Crippen MR) is 120 cm³/mol. The Kier molecular flexibility index (Phi) is 5.88. The molecule has 0 aliphatic heterocycles. The molecule has 0 radical (unpaired) electrons. The molecule has 0 aliphatic rings. The Morgan fingerprint density at radius 1 is 0.793 bits per heavy atom. The number of halogens is 1. The Balaban J connectivity index is 1.31. The average molecular weight is 423 g/mol. The SMILES string of the molecule is S=C(Nc1cnn(Cc2ccccc2)c1)Nc1cnn(Cc2ccc(Cl)cc2)c1. The minimum Gasteiger partial charge on any atom is -0.330 e. The minimum atomic E-state index is 0.482. The van der Waals surface area contributed by atoms with E-state index in [1.165, 1.54) is 5.56 Å². The topological polar surface area (TPSA) is 59.7 Å². The summed E-state index contributed by atoms with van der Waals surface area (Å²) < 4.78 is 3.70. The van der Waals surface area contributed by atoms with E-state index in [0.717, 1.165) is 22.0 Å². The summed E-state index contributed by atoms with van der Waals surface area (Å²) in [6, 6.07) is 17.9. The average Bonchev–Trinajstić information content (AvgIpc) is 3.34. The second-order valence-electron chi connectivity index (χ2n) is 6.54. The van der Waals surface area contributed by atoms with Crippen LogP contribution < -0.4 is 10.6 Å². The molecule has 2 heterocycles. The number of thiocarbonyl (C=S) groups is 1. The Morgan fingerprint density at radius 3 is 1.86 bits per heavy atom. The molecule has 0 bridgehead atoms. The molecule has 2 aromatic heterocycles. The van der Waals surface area contributed by atoms with Gasteiger partial charge in [-0.05, 0) is 35.5 Å². The van der Waals surface area contributed by atoms with Crippen LogP contribution in [0.15, 0.2) is 79.4 Å². The number of nitrogens with zero attached hydrogens (tertiary/aromatic N) is 4. The molecule has 0 spiro atoms. The molecule has 29 heavy (non-hydrogen) atoms. The van der Waals surface area contributed by atoms with Crippen LogP contribution in [-0.2, 0) is 13.1 Å². The minimum absolute atomic E-state index is 0.482. The molecule has 2 aromatic carbocycles. The summed E-state index contributed by atoms with van der Waals surface area (Å²) in [5, 5.41) is 16.2. The van der Waals surface area contributed by atoms with E-state index in [0.29, 0.717) is 18.2 Å². The van der Waals surface area contributed by atoms with Gasteiger partial charge in [0.2, 0.25) is 0 Å². The van der Waals surface area contributed by atoms with Crippen LogP contribution in [0.1, 0.15) is 11.1 Å². The monoisotopic (exact) mass is 422 g/mol. The van der Waals surface area contributed by atoms with Gasteiger partial charge in [-0.3, -0.25) is 9.36 Å². The molecule has 0 fully saturated rings. The highest BCUT2D eigenvalue weighted by Gasteiger charge is 2.05. The first kappa shape index (κ1) is 19.2. The molecule has 6 nitrogen and oxygen atoms in total. The Labute approximate surface area is 179 Å². The zero-order valence-corrected chi connectivity index (χ0v) is 17.1. The molecule has 4 aromatic rings. The van der Waals surface area contributed by atoms with Gasteiger partial charge in [-0.15, -0.1) is 0 Å². The second kappa shape index (κ2) is 8.89. The van der Waals surface area contributed by atoms with E-state index in [1.807, 2.05) is 64.2 Å². The summed E-state index contributed by atoms with van der Waals surface area (Å²) in [6.45, 7) is 1.37. The standard InChI is InChI=1S/C21H19ClN6S/c22-18-8-6-17(7-9-18)13-28-15-20(11-24-28)26-21(29)25-19-10-23-27(14-19)12-16-4-2-1-3-5-16/h1-11,14-15H,12-13H2,(H2,25,26,29). The van der Waals surface area contributed by atoms with Crippen LogP contribution in [0.2, 0.25) is 5.02 Å². The summed E-state index contributed by atoms with van der Waals surface area (Å²) in [5.41, 5.74) is 3.95. The lowest BCUT2D eigenvalue weighted by Crippen LogP contribution is -2.18. The Bertz CT molecular complexity index is 1090. The molecule has 0 aliphatic carbocycles. The third-order valence-corrected chi connectivity index (χ3v) is 4.68.